The smallest absolute Gasteiger partial charge is 0.228 e. The third-order valence-electron chi connectivity index (χ3n) is 5.91. The molecule has 2 N–H and O–H groups in total. The van der Waals surface area contributed by atoms with Crippen molar-refractivity contribution in [2.45, 2.75) is 28.0 Å². The third kappa shape index (κ3) is 4.16. The lowest BCUT2D eigenvalue weighted by Gasteiger charge is -2.34. The Labute approximate surface area is 190 Å². The SMILES string of the molecule is COc1cc(Sc2cccc(C3(C(N)=O)CCOCC3)c2)ccc1C(=O)c1ccnn1C. The summed E-state index contributed by atoms with van der Waals surface area (Å²) >= 11 is 1.53. The first kappa shape index (κ1) is 22.1. The van der Waals surface area contributed by atoms with Gasteiger partial charge in [0.2, 0.25) is 11.7 Å². The van der Waals surface area contributed by atoms with Gasteiger partial charge in [0.05, 0.1) is 18.1 Å². The van der Waals surface area contributed by atoms with Crippen LogP contribution in [-0.2, 0) is 22.0 Å². The van der Waals surface area contributed by atoms with Crippen LogP contribution in [0.25, 0.3) is 0 Å². The van der Waals surface area contributed by atoms with Gasteiger partial charge in [-0.3, -0.25) is 14.3 Å². The summed E-state index contributed by atoms with van der Waals surface area (Å²) in [5.41, 5.74) is 6.99. The van der Waals surface area contributed by atoms with E-state index in [2.05, 4.69) is 5.10 Å². The molecule has 2 heterocycles. The van der Waals surface area contributed by atoms with Gasteiger partial charge in [0.15, 0.2) is 0 Å². The first-order chi connectivity index (χ1) is 15.4. The number of ether oxygens (including phenoxy) is 2. The summed E-state index contributed by atoms with van der Waals surface area (Å²) < 4.78 is 12.5. The van der Waals surface area contributed by atoms with Gasteiger partial charge in [-0.25, -0.2) is 0 Å². The molecule has 7 nitrogen and oxygen atoms in total. The number of hydrogen-bond donors (Lipinski definition) is 1. The first-order valence-corrected chi connectivity index (χ1v) is 11.1. The number of carbonyl (C=O) groups is 2. The van der Waals surface area contributed by atoms with Crippen molar-refractivity contribution < 1.29 is 19.1 Å². The quantitative estimate of drug-likeness (QED) is 0.554. The molecule has 2 aromatic carbocycles. The molecule has 1 aliphatic heterocycles. The highest BCUT2D eigenvalue weighted by Gasteiger charge is 2.40. The van der Waals surface area contributed by atoms with Gasteiger partial charge in [0.25, 0.3) is 0 Å². The van der Waals surface area contributed by atoms with E-state index >= 15 is 0 Å². The number of ketones is 1. The van der Waals surface area contributed by atoms with Gasteiger partial charge in [-0.05, 0) is 54.8 Å². The predicted octanol–water partition coefficient (Wildman–Crippen LogP) is 3.34. The van der Waals surface area contributed by atoms with Gasteiger partial charge < -0.3 is 15.2 Å². The zero-order valence-electron chi connectivity index (χ0n) is 18.0. The van der Waals surface area contributed by atoms with Crippen molar-refractivity contribution in [3.8, 4) is 5.75 Å². The molecule has 1 aromatic heterocycles. The number of primary amides is 1. The summed E-state index contributed by atoms with van der Waals surface area (Å²) in [7, 11) is 3.28. The fourth-order valence-corrected chi connectivity index (χ4v) is 4.95. The van der Waals surface area contributed by atoms with Crippen molar-refractivity contribution in [2.75, 3.05) is 20.3 Å². The Morgan fingerprint density at radius 3 is 2.53 bits per heavy atom. The summed E-state index contributed by atoms with van der Waals surface area (Å²) in [5.74, 6) is 0.0290. The molecule has 0 saturated carbocycles. The Hall–Kier alpha value is -3.10. The Morgan fingerprint density at radius 2 is 1.88 bits per heavy atom. The molecule has 0 aliphatic carbocycles. The Bertz CT molecular complexity index is 1150. The van der Waals surface area contributed by atoms with Crippen LogP contribution in [0.1, 0.15) is 34.5 Å². The molecule has 166 valence electrons. The van der Waals surface area contributed by atoms with Gasteiger partial charge in [-0.2, -0.15) is 5.10 Å². The highest BCUT2D eigenvalue weighted by molar-refractivity contribution is 7.99. The van der Waals surface area contributed by atoms with Crippen LogP contribution in [0.4, 0.5) is 0 Å². The van der Waals surface area contributed by atoms with Crippen LogP contribution in [0.5, 0.6) is 5.75 Å². The second kappa shape index (κ2) is 9.18. The fraction of sp³-hybridized carbons (Fsp3) is 0.292. The van der Waals surface area contributed by atoms with Gasteiger partial charge >= 0.3 is 0 Å². The molecule has 1 fully saturated rings. The number of methoxy groups -OCH3 is 1. The average Bonchev–Trinajstić information content (AvgIpc) is 3.25. The Balaban J connectivity index is 1.61. The lowest BCUT2D eigenvalue weighted by atomic mass is 9.73. The van der Waals surface area contributed by atoms with Crippen molar-refractivity contribution in [3.63, 3.8) is 0 Å². The second-order valence-electron chi connectivity index (χ2n) is 7.72. The molecular formula is C24H25N3O4S. The summed E-state index contributed by atoms with van der Waals surface area (Å²) in [6, 6.07) is 15.1. The number of aryl methyl sites for hydroxylation is 1. The predicted molar refractivity (Wildman–Crippen MR) is 121 cm³/mol. The molecule has 3 aromatic rings. The molecule has 1 saturated heterocycles. The number of benzene rings is 2. The number of nitrogens with zero attached hydrogens (tertiary/aromatic N) is 2. The summed E-state index contributed by atoms with van der Waals surface area (Å²) in [6.45, 7) is 1.04. The van der Waals surface area contributed by atoms with Gasteiger partial charge in [0.1, 0.15) is 11.4 Å². The van der Waals surface area contributed by atoms with Crippen LogP contribution in [-0.4, -0.2) is 41.8 Å². The van der Waals surface area contributed by atoms with Crippen molar-refractivity contribution in [1.29, 1.82) is 0 Å². The maximum atomic E-state index is 12.9. The maximum absolute atomic E-state index is 12.9. The van der Waals surface area contributed by atoms with Crippen LogP contribution in [0.15, 0.2) is 64.5 Å². The summed E-state index contributed by atoms with van der Waals surface area (Å²) in [5, 5.41) is 4.07. The number of carbonyl (C=O) groups excluding carboxylic acids is 2. The summed E-state index contributed by atoms with van der Waals surface area (Å²) in [4.78, 5) is 27.1. The molecule has 1 aliphatic rings. The van der Waals surface area contributed by atoms with E-state index in [4.69, 9.17) is 15.2 Å². The zero-order chi connectivity index (χ0) is 22.7. The minimum atomic E-state index is -0.702. The molecule has 0 unspecified atom stereocenters. The van der Waals surface area contributed by atoms with Gasteiger partial charge in [0, 0.05) is 36.2 Å². The Kier molecular flexibility index (Phi) is 6.34. The maximum Gasteiger partial charge on any atom is 0.228 e. The van der Waals surface area contributed by atoms with Crippen molar-refractivity contribution >= 4 is 23.5 Å². The van der Waals surface area contributed by atoms with Crippen LogP contribution in [0, 0.1) is 0 Å². The molecule has 0 radical (unpaired) electrons. The van der Waals surface area contributed by atoms with Crippen LogP contribution in [0.2, 0.25) is 0 Å². The molecule has 8 heteroatoms. The molecule has 32 heavy (non-hydrogen) atoms. The topological polar surface area (TPSA) is 96.4 Å². The average molecular weight is 452 g/mol. The van der Waals surface area contributed by atoms with Crippen molar-refractivity contribution in [2.24, 2.45) is 12.8 Å². The van der Waals surface area contributed by atoms with E-state index in [1.807, 2.05) is 36.4 Å². The van der Waals surface area contributed by atoms with E-state index in [-0.39, 0.29) is 11.7 Å². The first-order valence-electron chi connectivity index (χ1n) is 10.3. The second-order valence-corrected chi connectivity index (χ2v) is 8.87. The molecule has 0 bridgehead atoms. The third-order valence-corrected chi connectivity index (χ3v) is 6.89. The minimum Gasteiger partial charge on any atom is -0.496 e. The van der Waals surface area contributed by atoms with E-state index in [1.165, 1.54) is 11.8 Å². The lowest BCUT2D eigenvalue weighted by molar-refractivity contribution is -0.127. The molecule has 0 spiro atoms. The molecule has 1 amide bonds. The van der Waals surface area contributed by atoms with Crippen LogP contribution in [0.3, 0.4) is 0 Å². The Morgan fingerprint density at radius 1 is 1.12 bits per heavy atom. The van der Waals surface area contributed by atoms with Crippen LogP contribution < -0.4 is 10.5 Å². The van der Waals surface area contributed by atoms with E-state index < -0.39 is 5.41 Å². The van der Waals surface area contributed by atoms with E-state index in [0.717, 1.165) is 15.4 Å². The fourth-order valence-electron chi connectivity index (χ4n) is 4.05. The standard InChI is InChI=1S/C24H25N3O4S/c1-27-20(8-11-26-27)22(28)19-7-6-18(15-21(19)30-2)32-17-5-3-4-16(14-17)24(23(25)29)9-12-31-13-10-24/h3-8,11,14-15H,9-10,12-13H2,1-2H3,(H2,25,29). The van der Waals surface area contributed by atoms with E-state index in [1.54, 1.807) is 37.2 Å². The number of aromatic nitrogens is 2. The molecule has 4 rings (SSSR count). The van der Waals surface area contributed by atoms with Gasteiger partial charge in [-0.1, -0.05) is 23.9 Å². The van der Waals surface area contributed by atoms with Gasteiger partial charge in [-0.15, -0.1) is 0 Å². The largest absolute Gasteiger partial charge is 0.496 e. The molecular weight excluding hydrogens is 426 g/mol. The zero-order valence-corrected chi connectivity index (χ0v) is 18.9. The number of amides is 1. The summed E-state index contributed by atoms with van der Waals surface area (Å²) in [6.07, 6.45) is 2.75. The highest BCUT2D eigenvalue weighted by Crippen LogP contribution is 2.38. The minimum absolute atomic E-state index is 0.150. The van der Waals surface area contributed by atoms with E-state index in [9.17, 15) is 9.59 Å². The molecule has 0 atom stereocenters. The normalized spacial score (nSPS) is 15.3. The number of nitrogens with two attached hydrogens (primary N) is 1. The van der Waals surface area contributed by atoms with Crippen LogP contribution >= 0.6 is 11.8 Å². The van der Waals surface area contributed by atoms with Crippen molar-refractivity contribution in [1.82, 2.24) is 9.78 Å². The van der Waals surface area contributed by atoms with E-state index in [0.29, 0.717) is 43.1 Å². The van der Waals surface area contributed by atoms with Crippen molar-refractivity contribution in [3.05, 3.63) is 71.5 Å². The highest BCUT2D eigenvalue weighted by atomic mass is 32.2. The lowest BCUT2D eigenvalue weighted by Crippen LogP contribution is -2.45. The number of rotatable bonds is 7. The number of hydrogen-bond acceptors (Lipinski definition) is 6. The monoisotopic (exact) mass is 451 g/mol.